The average Bonchev–Trinajstić information content (AvgIpc) is 2.83. The van der Waals surface area contributed by atoms with Gasteiger partial charge in [0.05, 0.1) is 0 Å². The van der Waals surface area contributed by atoms with Crippen molar-refractivity contribution in [2.24, 2.45) is 11.8 Å². The van der Waals surface area contributed by atoms with Crippen LogP contribution in [0.1, 0.15) is 100 Å². The van der Waals surface area contributed by atoms with Gasteiger partial charge in [-0.25, -0.2) is 4.39 Å². The van der Waals surface area contributed by atoms with E-state index in [-0.39, 0.29) is 23.4 Å². The molecule has 1 fully saturated rings. The number of nitrogens with one attached hydrogen (secondary N) is 1. The number of carbonyl (C=O) groups excluding carboxylic acids is 2. The highest BCUT2D eigenvalue weighted by atomic mass is 19.1. The van der Waals surface area contributed by atoms with Gasteiger partial charge in [0.2, 0.25) is 5.91 Å². The average molecular weight is 470 g/mol. The zero-order chi connectivity index (χ0) is 25.7. The van der Waals surface area contributed by atoms with Crippen LogP contribution in [0.25, 0.3) is 0 Å². The zero-order valence-corrected chi connectivity index (χ0v) is 22.3. The first kappa shape index (κ1) is 29.5. The summed E-state index contributed by atoms with van der Waals surface area (Å²) >= 11 is 0. The van der Waals surface area contributed by atoms with E-state index in [4.69, 9.17) is 0 Å². The Morgan fingerprint density at radius 3 is 2.12 bits per heavy atom. The first-order chi connectivity index (χ1) is 16.3. The van der Waals surface area contributed by atoms with Crippen molar-refractivity contribution in [1.82, 2.24) is 0 Å². The third-order valence-electron chi connectivity index (χ3n) is 6.50. The number of carbonyl (C=O) groups is 2. The van der Waals surface area contributed by atoms with Crippen LogP contribution in [0.15, 0.2) is 36.4 Å². The van der Waals surface area contributed by atoms with Crippen LogP contribution < -0.4 is 5.32 Å². The molecule has 2 aromatic rings. The van der Waals surface area contributed by atoms with Crippen LogP contribution in [0.5, 0.6) is 0 Å². The minimum atomic E-state index is -0.269. The maximum Gasteiger partial charge on any atom is 0.227 e. The summed E-state index contributed by atoms with van der Waals surface area (Å²) in [5.74, 6) is 0.821. The van der Waals surface area contributed by atoms with E-state index in [9.17, 15) is 14.0 Å². The van der Waals surface area contributed by atoms with Crippen molar-refractivity contribution in [3.8, 4) is 0 Å². The van der Waals surface area contributed by atoms with Crippen molar-refractivity contribution >= 4 is 17.4 Å². The second-order valence-electron chi connectivity index (χ2n) is 8.97. The number of hydrogen-bond donors (Lipinski definition) is 1. The maximum atomic E-state index is 13.5. The summed E-state index contributed by atoms with van der Waals surface area (Å²) in [6, 6.07) is 10.7. The molecule has 0 spiro atoms. The fourth-order valence-corrected chi connectivity index (χ4v) is 4.54. The summed E-state index contributed by atoms with van der Waals surface area (Å²) in [5.41, 5.74) is 4.43. The molecule has 0 heterocycles. The molecule has 2 aromatic carbocycles. The van der Waals surface area contributed by atoms with E-state index in [0.29, 0.717) is 11.3 Å². The molecule has 0 atom stereocenters. The molecule has 4 heteroatoms. The number of Topliss-reactive ketones (excluding diaryl/α,β-unsaturated/α-hetero) is 1. The van der Waals surface area contributed by atoms with E-state index in [1.54, 1.807) is 26.0 Å². The van der Waals surface area contributed by atoms with Crippen molar-refractivity contribution < 1.29 is 14.0 Å². The Bertz CT molecular complexity index is 914. The van der Waals surface area contributed by atoms with Gasteiger partial charge in [-0.3, -0.25) is 9.59 Å². The number of anilines is 1. The normalized spacial score (nSPS) is 16.9. The molecule has 1 N–H and O–H groups in total. The number of rotatable bonds is 6. The van der Waals surface area contributed by atoms with Crippen molar-refractivity contribution in [2.45, 2.75) is 93.4 Å². The Morgan fingerprint density at radius 2 is 1.62 bits per heavy atom. The van der Waals surface area contributed by atoms with Gasteiger partial charge in [0, 0.05) is 17.2 Å². The molecule has 34 heavy (non-hydrogen) atoms. The number of halogens is 1. The molecule has 1 aliphatic rings. The van der Waals surface area contributed by atoms with Crippen LogP contribution in [-0.2, 0) is 11.2 Å². The Balaban J connectivity index is 0.000000353. The summed E-state index contributed by atoms with van der Waals surface area (Å²) < 4.78 is 13.5. The van der Waals surface area contributed by atoms with Gasteiger partial charge >= 0.3 is 0 Å². The smallest absolute Gasteiger partial charge is 0.227 e. The van der Waals surface area contributed by atoms with Gasteiger partial charge < -0.3 is 5.32 Å². The maximum absolute atomic E-state index is 13.5. The van der Waals surface area contributed by atoms with Gasteiger partial charge in [0.25, 0.3) is 0 Å². The third-order valence-corrected chi connectivity index (χ3v) is 6.50. The summed E-state index contributed by atoms with van der Waals surface area (Å²) in [6.07, 6.45) is 7.65. The predicted octanol–water partition coefficient (Wildman–Crippen LogP) is 8.47. The molecule has 0 unspecified atom stereocenters. The Morgan fingerprint density at radius 1 is 0.971 bits per heavy atom. The van der Waals surface area contributed by atoms with Crippen molar-refractivity contribution in [3.05, 3.63) is 64.5 Å². The van der Waals surface area contributed by atoms with E-state index in [1.807, 2.05) is 39.0 Å². The molecule has 0 radical (unpaired) electrons. The van der Waals surface area contributed by atoms with Gasteiger partial charge in [0.15, 0.2) is 5.78 Å². The van der Waals surface area contributed by atoms with Crippen LogP contribution in [-0.4, -0.2) is 11.7 Å². The topological polar surface area (TPSA) is 46.2 Å². The predicted molar refractivity (Wildman–Crippen MR) is 142 cm³/mol. The van der Waals surface area contributed by atoms with Crippen LogP contribution in [0.4, 0.5) is 10.1 Å². The number of aryl methyl sites for hydroxylation is 2. The van der Waals surface area contributed by atoms with Gasteiger partial charge in [-0.15, -0.1) is 0 Å². The Labute approximate surface area is 206 Å². The second kappa shape index (κ2) is 15.4. The lowest BCUT2D eigenvalue weighted by atomic mass is 9.80. The molecule has 1 aliphatic carbocycles. The van der Waals surface area contributed by atoms with E-state index < -0.39 is 0 Å². The molecule has 0 bridgehead atoms. The van der Waals surface area contributed by atoms with Crippen molar-refractivity contribution in [2.75, 3.05) is 5.32 Å². The van der Waals surface area contributed by atoms with Crippen LogP contribution in [0, 0.1) is 31.5 Å². The lowest BCUT2D eigenvalue weighted by molar-refractivity contribution is -0.121. The number of ketones is 1. The first-order valence-corrected chi connectivity index (χ1v) is 12.9. The van der Waals surface area contributed by atoms with Gasteiger partial charge in [0.1, 0.15) is 5.82 Å². The minimum Gasteiger partial charge on any atom is -0.326 e. The van der Waals surface area contributed by atoms with Gasteiger partial charge in [-0.05, 0) is 87.6 Å². The summed E-state index contributed by atoms with van der Waals surface area (Å²) in [6.45, 7) is 13.7. The first-order valence-electron chi connectivity index (χ1n) is 12.9. The number of amides is 1. The molecule has 0 aliphatic heterocycles. The second-order valence-corrected chi connectivity index (χ2v) is 8.97. The molecule has 1 amide bonds. The zero-order valence-electron chi connectivity index (χ0n) is 22.3. The van der Waals surface area contributed by atoms with Crippen molar-refractivity contribution in [3.63, 3.8) is 0 Å². The highest BCUT2D eigenvalue weighted by molar-refractivity contribution is 5.95. The van der Waals surface area contributed by atoms with E-state index in [1.165, 1.54) is 30.0 Å². The Hall–Kier alpha value is -2.49. The lowest BCUT2D eigenvalue weighted by Gasteiger charge is -2.27. The monoisotopic (exact) mass is 469 g/mol. The summed E-state index contributed by atoms with van der Waals surface area (Å²) in [7, 11) is 0. The molecule has 3 rings (SSSR count). The molecule has 1 saturated carbocycles. The highest BCUT2D eigenvalue weighted by Crippen LogP contribution is 2.32. The van der Waals surface area contributed by atoms with E-state index in [0.717, 1.165) is 43.6 Å². The van der Waals surface area contributed by atoms with Gasteiger partial charge in [-0.2, -0.15) is 0 Å². The fraction of sp³-hybridized carbons (Fsp3) is 0.533. The lowest BCUT2D eigenvalue weighted by Crippen LogP contribution is -2.27. The fourth-order valence-electron chi connectivity index (χ4n) is 4.54. The van der Waals surface area contributed by atoms with E-state index >= 15 is 0 Å². The molecular formula is C30H44FNO2. The van der Waals surface area contributed by atoms with Crippen LogP contribution in [0.2, 0.25) is 0 Å². The van der Waals surface area contributed by atoms with Crippen LogP contribution in [0.3, 0.4) is 0 Å². The third kappa shape index (κ3) is 9.04. The summed E-state index contributed by atoms with van der Waals surface area (Å²) in [4.78, 5) is 23.4. The van der Waals surface area contributed by atoms with Crippen LogP contribution >= 0.6 is 0 Å². The molecule has 0 aromatic heterocycles. The molecule has 0 saturated heterocycles. The Kier molecular flexibility index (Phi) is 13.4. The largest absolute Gasteiger partial charge is 0.326 e. The summed E-state index contributed by atoms with van der Waals surface area (Å²) in [5, 5.41) is 2.85. The van der Waals surface area contributed by atoms with Gasteiger partial charge in [-0.1, -0.05) is 64.8 Å². The van der Waals surface area contributed by atoms with Crippen molar-refractivity contribution in [1.29, 1.82) is 0 Å². The molecule has 3 nitrogen and oxygen atoms in total. The number of benzene rings is 2. The standard InChI is InChI=1S/C17H24FNO.C11H14O.C2H6/c1-3-4-13-6-8-14(9-7-13)17(20)19-15-10-5-12(2)16(18)11-15;1-4-10-8(2)6-5-7-11(10)9(3)12;1-2/h5,10-11,13-14H,3-4,6-9H2,1-2H3,(H,19,20);5-7H,4H2,1-3H3;1-2H3. The highest BCUT2D eigenvalue weighted by Gasteiger charge is 2.25. The number of hydrogen-bond acceptors (Lipinski definition) is 2. The molecular weight excluding hydrogens is 425 g/mol. The minimum absolute atomic E-state index is 0.0446. The SMILES string of the molecule is CC.CCCC1CCC(C(=O)Nc2ccc(C)c(F)c2)CC1.CCc1c(C)cccc1C(C)=O. The molecule has 188 valence electrons. The van der Waals surface area contributed by atoms with E-state index in [2.05, 4.69) is 19.2 Å². The quantitative estimate of drug-likeness (QED) is 0.431.